The summed E-state index contributed by atoms with van der Waals surface area (Å²) in [4.78, 5) is 11.0. The molecule has 2 aromatic heterocycles. The van der Waals surface area contributed by atoms with E-state index in [1.165, 1.54) is 31.9 Å². The largest absolute Gasteiger partial charge is 0.781 e. The van der Waals surface area contributed by atoms with Crippen LogP contribution in [0.2, 0.25) is 0 Å². The van der Waals surface area contributed by atoms with Crippen LogP contribution in [0.3, 0.4) is 0 Å². The minimum atomic E-state index is -2.28. The van der Waals surface area contributed by atoms with Crippen LogP contribution in [0.4, 0.5) is 0 Å². The number of benzene rings is 3. The zero-order valence-corrected chi connectivity index (χ0v) is 23.0. The number of fused-ring (bicyclic) bond motifs is 10. The van der Waals surface area contributed by atoms with Crippen LogP contribution in [0.5, 0.6) is 0 Å². The topological polar surface area (TPSA) is 25.8 Å². The van der Waals surface area contributed by atoms with Crippen molar-refractivity contribution in [2.75, 3.05) is 0 Å². The molecule has 0 saturated carbocycles. The zero-order valence-electron chi connectivity index (χ0n) is 17.9. The van der Waals surface area contributed by atoms with Gasteiger partial charge in [-0.1, -0.05) is 84.9 Å². The maximum absolute atomic E-state index is 4.85. The van der Waals surface area contributed by atoms with Gasteiger partial charge in [0.25, 0.3) is 0 Å². The van der Waals surface area contributed by atoms with E-state index in [9.17, 15) is 0 Å². The fourth-order valence-corrected chi connectivity index (χ4v) is 10.9. The van der Waals surface area contributed by atoms with Gasteiger partial charge in [0.05, 0.1) is 11.4 Å². The van der Waals surface area contributed by atoms with Gasteiger partial charge >= 0.3 is 0 Å². The SMILES string of the molecule is [Ir].[S-]c1ccccc1[S-].c1ccc2c(c1)-c1ccccc1[Si]21c2cccnc2-c2ncccc21. The van der Waals surface area contributed by atoms with Crippen LogP contribution >= 0.6 is 0 Å². The predicted molar refractivity (Wildman–Crippen MR) is 141 cm³/mol. The monoisotopic (exact) mass is 667 g/mol. The molecule has 7 rings (SSSR count). The molecular weight excluding hydrogens is 649 g/mol. The maximum Gasteiger partial charge on any atom is 0.185 e. The molecule has 5 aromatic rings. The fraction of sp³-hybridized carbons (Fsp3) is 0. The third-order valence-electron chi connectivity index (χ3n) is 6.45. The minimum Gasteiger partial charge on any atom is -0.781 e. The molecule has 1 radical (unpaired) electrons. The van der Waals surface area contributed by atoms with Gasteiger partial charge in [0, 0.05) is 32.5 Å². The average molecular weight is 667 g/mol. The molecule has 6 heteroatoms. The van der Waals surface area contributed by atoms with E-state index >= 15 is 0 Å². The summed E-state index contributed by atoms with van der Waals surface area (Å²) in [5, 5.41) is 5.69. The molecule has 0 atom stereocenters. The minimum absolute atomic E-state index is 0. The summed E-state index contributed by atoms with van der Waals surface area (Å²) in [6, 6.07) is 33.9. The number of rotatable bonds is 0. The fourth-order valence-electron chi connectivity index (χ4n) is 5.20. The first kappa shape index (κ1) is 23.0. The summed E-state index contributed by atoms with van der Waals surface area (Å²) in [7, 11) is -2.28. The number of nitrogens with zero attached hydrogens (tertiary/aromatic N) is 2. The first-order chi connectivity index (χ1) is 16.2. The van der Waals surface area contributed by atoms with E-state index in [1.54, 1.807) is 0 Å². The Morgan fingerprint density at radius 2 is 0.853 bits per heavy atom. The quantitative estimate of drug-likeness (QED) is 0.184. The molecule has 0 N–H and O–H groups in total. The van der Waals surface area contributed by atoms with Crippen molar-refractivity contribution in [1.82, 2.24) is 9.97 Å². The van der Waals surface area contributed by atoms with Crippen molar-refractivity contribution in [2.24, 2.45) is 0 Å². The van der Waals surface area contributed by atoms with Crippen LogP contribution in [0.25, 0.3) is 22.5 Å². The summed E-state index contributed by atoms with van der Waals surface area (Å²) in [5.74, 6) is 0. The molecule has 34 heavy (non-hydrogen) atoms. The first-order valence-electron chi connectivity index (χ1n) is 10.8. The van der Waals surface area contributed by atoms with E-state index in [2.05, 4.69) is 72.8 Å². The van der Waals surface area contributed by atoms with Crippen molar-refractivity contribution in [1.29, 1.82) is 0 Å². The Hall–Kier alpha value is -2.73. The Labute approximate surface area is 224 Å². The average Bonchev–Trinajstić information content (AvgIpc) is 3.34. The van der Waals surface area contributed by atoms with E-state index in [1.807, 2.05) is 36.7 Å². The Bertz CT molecular complexity index is 1310. The van der Waals surface area contributed by atoms with Gasteiger partial charge in [0.15, 0.2) is 8.07 Å². The van der Waals surface area contributed by atoms with Gasteiger partial charge in [-0.15, -0.1) is 0 Å². The number of pyridine rings is 2. The summed E-state index contributed by atoms with van der Waals surface area (Å²) in [6.07, 6.45) is 3.77. The Morgan fingerprint density at radius 1 is 0.471 bits per heavy atom. The number of hydrogen-bond donors (Lipinski definition) is 0. The molecule has 0 unspecified atom stereocenters. The van der Waals surface area contributed by atoms with Crippen LogP contribution in [0.15, 0.2) is 119 Å². The van der Waals surface area contributed by atoms with Crippen LogP contribution in [0, 0.1) is 0 Å². The Kier molecular flexibility index (Phi) is 6.19. The van der Waals surface area contributed by atoms with Gasteiger partial charge in [0.1, 0.15) is 0 Å². The normalized spacial score (nSPS) is 12.9. The number of aromatic nitrogens is 2. The molecular formula is C28H18IrN2S2Si-2. The van der Waals surface area contributed by atoms with Crippen molar-refractivity contribution in [3.05, 3.63) is 109 Å². The van der Waals surface area contributed by atoms with Gasteiger partial charge in [-0.05, 0) is 44.0 Å². The summed E-state index contributed by atoms with van der Waals surface area (Å²) < 4.78 is 0. The zero-order chi connectivity index (χ0) is 22.4. The molecule has 2 nitrogen and oxygen atoms in total. The molecule has 0 amide bonds. The van der Waals surface area contributed by atoms with Gasteiger partial charge in [-0.3, -0.25) is 9.97 Å². The summed E-state index contributed by atoms with van der Waals surface area (Å²) in [6.45, 7) is 0. The molecule has 3 aromatic carbocycles. The van der Waals surface area contributed by atoms with Crippen molar-refractivity contribution in [2.45, 2.75) is 9.79 Å². The predicted octanol–water partition coefficient (Wildman–Crippen LogP) is 3.31. The van der Waals surface area contributed by atoms with E-state index in [0.29, 0.717) is 0 Å². The van der Waals surface area contributed by atoms with Gasteiger partial charge in [-0.25, -0.2) is 0 Å². The molecule has 0 aliphatic carbocycles. The summed E-state index contributed by atoms with van der Waals surface area (Å²) >= 11 is 9.70. The van der Waals surface area contributed by atoms with Gasteiger partial charge in [-0.2, -0.15) is 9.79 Å². The Balaban J connectivity index is 0.000000231. The molecule has 167 valence electrons. The maximum atomic E-state index is 4.85. The standard InChI is InChI=1S/C22H14N2Si.C6H6S2.Ir/c1-3-9-17-15(7-1)16-8-2-4-10-18(16)25(17)19-11-5-13-23-21(19)22-20(25)12-6-14-24-22;7-5-3-1-2-4-6(5)8;/h1-14H;1-4,7-8H;/p-2. The van der Waals surface area contributed by atoms with Crippen molar-refractivity contribution < 1.29 is 20.1 Å². The smallest absolute Gasteiger partial charge is 0.185 e. The Morgan fingerprint density at radius 3 is 1.29 bits per heavy atom. The van der Waals surface area contributed by atoms with Crippen LogP contribution in [-0.2, 0) is 45.4 Å². The molecule has 0 fully saturated rings. The first-order valence-corrected chi connectivity index (χ1v) is 13.6. The van der Waals surface area contributed by atoms with E-state index in [4.69, 9.17) is 35.2 Å². The van der Waals surface area contributed by atoms with Crippen LogP contribution in [0.1, 0.15) is 0 Å². The van der Waals surface area contributed by atoms with Crippen molar-refractivity contribution >= 4 is 54.1 Å². The van der Waals surface area contributed by atoms with Crippen LogP contribution in [-0.4, -0.2) is 18.0 Å². The van der Waals surface area contributed by atoms with E-state index in [0.717, 1.165) is 21.2 Å². The van der Waals surface area contributed by atoms with Crippen molar-refractivity contribution in [3.8, 4) is 22.5 Å². The molecule has 0 saturated heterocycles. The molecule has 0 bridgehead atoms. The number of hydrogen-bond acceptors (Lipinski definition) is 4. The van der Waals surface area contributed by atoms with Gasteiger partial charge < -0.3 is 25.3 Å². The third kappa shape index (κ3) is 3.29. The van der Waals surface area contributed by atoms with E-state index in [-0.39, 0.29) is 20.1 Å². The van der Waals surface area contributed by atoms with Crippen LogP contribution < -0.4 is 20.7 Å². The molecule has 4 heterocycles. The molecule has 2 aliphatic heterocycles. The molecule has 2 aliphatic rings. The summed E-state index contributed by atoms with van der Waals surface area (Å²) in [5.41, 5.74) is 4.88. The van der Waals surface area contributed by atoms with E-state index < -0.39 is 8.07 Å². The second kappa shape index (κ2) is 9.14. The molecule has 1 spiro atoms. The second-order valence-corrected chi connectivity index (χ2v) is 12.6. The van der Waals surface area contributed by atoms with Crippen molar-refractivity contribution in [3.63, 3.8) is 0 Å². The second-order valence-electron chi connectivity index (χ2n) is 8.09. The third-order valence-corrected chi connectivity index (χ3v) is 12.2. The van der Waals surface area contributed by atoms with Gasteiger partial charge in [0.2, 0.25) is 0 Å².